The maximum atomic E-state index is 12.6. The van der Waals surface area contributed by atoms with Crippen LogP contribution in [0, 0.1) is 5.82 Å². The van der Waals surface area contributed by atoms with Gasteiger partial charge in [0.25, 0.3) is 0 Å². The highest BCUT2D eigenvalue weighted by atomic mass is 32.2. The number of rotatable bonds is 3. The van der Waals surface area contributed by atoms with Crippen LogP contribution >= 0.6 is 23.1 Å². The van der Waals surface area contributed by atoms with Crippen LogP contribution in [0.3, 0.4) is 0 Å². The van der Waals surface area contributed by atoms with E-state index in [1.54, 1.807) is 12.1 Å². The molecule has 0 N–H and O–H groups in total. The summed E-state index contributed by atoms with van der Waals surface area (Å²) in [6, 6.07) is 8.12. The predicted octanol–water partition coefficient (Wildman–Crippen LogP) is 3.85. The molecule has 0 aliphatic rings. The van der Waals surface area contributed by atoms with Gasteiger partial charge in [-0.3, -0.25) is 4.79 Å². The van der Waals surface area contributed by atoms with Crippen molar-refractivity contribution in [3.8, 4) is 0 Å². The van der Waals surface area contributed by atoms with Crippen LogP contribution in [0.25, 0.3) is 0 Å². The summed E-state index contributed by atoms with van der Waals surface area (Å²) < 4.78 is 12.6. The Hall–Kier alpha value is -1.13. The summed E-state index contributed by atoms with van der Waals surface area (Å²) in [5.41, 5.74) is 0. The molecule has 15 heavy (non-hydrogen) atoms. The van der Waals surface area contributed by atoms with Gasteiger partial charge in [-0.15, -0.1) is 11.3 Å². The summed E-state index contributed by atoms with van der Waals surface area (Å²) in [6.07, 6.45) is 0.844. The zero-order chi connectivity index (χ0) is 10.7. The topological polar surface area (TPSA) is 17.1 Å². The number of halogens is 1. The molecule has 0 amide bonds. The average Bonchev–Trinajstić information content (AvgIpc) is 2.69. The van der Waals surface area contributed by atoms with Gasteiger partial charge in [-0.25, -0.2) is 4.39 Å². The standard InChI is InChI=1S/C11H7FOS2/c12-8-1-3-9(4-2-8)15-10-5-6-14-11(10)7-13/h1-7H. The molecule has 0 fully saturated rings. The van der Waals surface area contributed by atoms with Crippen molar-refractivity contribution in [1.82, 2.24) is 0 Å². The molecular weight excluding hydrogens is 231 g/mol. The maximum absolute atomic E-state index is 12.6. The van der Waals surface area contributed by atoms with Crippen molar-refractivity contribution < 1.29 is 9.18 Å². The summed E-state index contributed by atoms with van der Waals surface area (Å²) in [5.74, 6) is -0.250. The monoisotopic (exact) mass is 238 g/mol. The van der Waals surface area contributed by atoms with Gasteiger partial charge in [0.2, 0.25) is 0 Å². The minimum Gasteiger partial charge on any atom is -0.297 e. The summed E-state index contributed by atoms with van der Waals surface area (Å²) in [6.45, 7) is 0. The van der Waals surface area contributed by atoms with E-state index in [1.165, 1.54) is 35.2 Å². The molecule has 0 spiro atoms. The van der Waals surface area contributed by atoms with Crippen LogP contribution in [-0.4, -0.2) is 6.29 Å². The van der Waals surface area contributed by atoms with Crippen molar-refractivity contribution in [1.29, 1.82) is 0 Å². The first-order valence-electron chi connectivity index (χ1n) is 4.25. The zero-order valence-corrected chi connectivity index (χ0v) is 9.28. The fourth-order valence-electron chi connectivity index (χ4n) is 1.11. The zero-order valence-electron chi connectivity index (χ0n) is 7.64. The van der Waals surface area contributed by atoms with Crippen LogP contribution in [0.1, 0.15) is 9.67 Å². The van der Waals surface area contributed by atoms with Crippen molar-refractivity contribution in [2.24, 2.45) is 0 Å². The van der Waals surface area contributed by atoms with E-state index in [0.717, 1.165) is 16.1 Å². The smallest absolute Gasteiger partial charge is 0.161 e. The van der Waals surface area contributed by atoms with Crippen LogP contribution in [0.15, 0.2) is 45.5 Å². The fraction of sp³-hybridized carbons (Fsp3) is 0. The Kier molecular flexibility index (Phi) is 3.18. The number of carbonyl (C=O) groups is 1. The van der Waals surface area contributed by atoms with Gasteiger partial charge in [0, 0.05) is 9.79 Å². The molecule has 0 unspecified atom stereocenters. The quantitative estimate of drug-likeness (QED) is 0.755. The summed E-state index contributed by atoms with van der Waals surface area (Å²) in [4.78, 5) is 13.2. The number of carbonyl (C=O) groups excluding carboxylic acids is 1. The van der Waals surface area contributed by atoms with Crippen molar-refractivity contribution in [3.63, 3.8) is 0 Å². The summed E-state index contributed by atoms with van der Waals surface area (Å²) >= 11 is 2.88. The number of hydrogen-bond acceptors (Lipinski definition) is 3. The summed E-state index contributed by atoms with van der Waals surface area (Å²) in [7, 11) is 0. The molecule has 4 heteroatoms. The molecule has 0 saturated carbocycles. The first kappa shape index (κ1) is 10.4. The highest BCUT2D eigenvalue weighted by Crippen LogP contribution is 2.32. The van der Waals surface area contributed by atoms with E-state index in [1.807, 2.05) is 11.4 Å². The minimum atomic E-state index is -0.250. The van der Waals surface area contributed by atoms with E-state index < -0.39 is 0 Å². The molecule has 1 aromatic heterocycles. The van der Waals surface area contributed by atoms with Gasteiger partial charge in [-0.05, 0) is 35.7 Å². The van der Waals surface area contributed by atoms with Crippen molar-refractivity contribution in [2.45, 2.75) is 9.79 Å². The molecular formula is C11H7FOS2. The molecule has 1 aromatic carbocycles. The highest BCUT2D eigenvalue weighted by Gasteiger charge is 2.04. The third kappa shape index (κ3) is 2.46. The highest BCUT2D eigenvalue weighted by molar-refractivity contribution is 7.99. The van der Waals surface area contributed by atoms with E-state index in [0.29, 0.717) is 4.88 Å². The molecule has 1 heterocycles. The Bertz CT molecular complexity index is 462. The molecule has 76 valence electrons. The van der Waals surface area contributed by atoms with Gasteiger partial charge in [0.1, 0.15) is 5.82 Å². The number of hydrogen-bond donors (Lipinski definition) is 0. The Morgan fingerprint density at radius 2 is 1.93 bits per heavy atom. The molecule has 0 aliphatic carbocycles. The van der Waals surface area contributed by atoms with Crippen molar-refractivity contribution in [2.75, 3.05) is 0 Å². The number of benzene rings is 1. The molecule has 0 aliphatic heterocycles. The number of aldehydes is 1. The van der Waals surface area contributed by atoms with Crippen LogP contribution in [0.2, 0.25) is 0 Å². The first-order chi connectivity index (χ1) is 7.29. The maximum Gasteiger partial charge on any atom is 0.161 e. The van der Waals surface area contributed by atoms with Gasteiger partial charge in [0.05, 0.1) is 4.88 Å². The lowest BCUT2D eigenvalue weighted by atomic mass is 10.4. The van der Waals surface area contributed by atoms with E-state index in [4.69, 9.17) is 0 Å². The van der Waals surface area contributed by atoms with Crippen LogP contribution in [0.5, 0.6) is 0 Å². The fourth-order valence-corrected chi connectivity index (χ4v) is 2.87. The third-order valence-electron chi connectivity index (χ3n) is 1.81. The second kappa shape index (κ2) is 4.59. The lowest BCUT2D eigenvalue weighted by Crippen LogP contribution is -1.77. The van der Waals surface area contributed by atoms with E-state index in [2.05, 4.69) is 0 Å². The van der Waals surface area contributed by atoms with Crippen molar-refractivity contribution >= 4 is 29.4 Å². The molecule has 0 bridgehead atoms. The van der Waals surface area contributed by atoms with Gasteiger partial charge in [-0.1, -0.05) is 11.8 Å². The number of thiophene rings is 1. The van der Waals surface area contributed by atoms with E-state index in [9.17, 15) is 9.18 Å². The molecule has 2 aromatic rings. The van der Waals surface area contributed by atoms with Crippen LogP contribution < -0.4 is 0 Å². The Morgan fingerprint density at radius 3 is 2.60 bits per heavy atom. The molecule has 1 nitrogen and oxygen atoms in total. The van der Waals surface area contributed by atoms with Gasteiger partial charge >= 0.3 is 0 Å². The Morgan fingerprint density at radius 1 is 1.20 bits per heavy atom. The second-order valence-corrected chi connectivity index (χ2v) is 4.89. The third-order valence-corrected chi connectivity index (χ3v) is 3.86. The van der Waals surface area contributed by atoms with Gasteiger partial charge in [0.15, 0.2) is 6.29 Å². The van der Waals surface area contributed by atoms with Crippen LogP contribution in [-0.2, 0) is 0 Å². The predicted molar refractivity (Wildman–Crippen MR) is 60.2 cm³/mol. The van der Waals surface area contributed by atoms with E-state index >= 15 is 0 Å². The molecule has 0 atom stereocenters. The first-order valence-corrected chi connectivity index (χ1v) is 5.95. The largest absolute Gasteiger partial charge is 0.297 e. The SMILES string of the molecule is O=Cc1sccc1Sc1ccc(F)cc1. The average molecular weight is 238 g/mol. The normalized spacial score (nSPS) is 10.2. The van der Waals surface area contributed by atoms with Gasteiger partial charge < -0.3 is 0 Å². The second-order valence-electron chi connectivity index (χ2n) is 2.82. The minimum absolute atomic E-state index is 0.250. The van der Waals surface area contributed by atoms with Crippen molar-refractivity contribution in [3.05, 3.63) is 46.4 Å². The molecule has 0 saturated heterocycles. The Labute approximate surface area is 94.9 Å². The lowest BCUT2D eigenvalue weighted by Gasteiger charge is -1.99. The summed E-state index contributed by atoms with van der Waals surface area (Å²) in [5, 5.41) is 1.87. The van der Waals surface area contributed by atoms with Gasteiger partial charge in [-0.2, -0.15) is 0 Å². The van der Waals surface area contributed by atoms with Crippen LogP contribution in [0.4, 0.5) is 4.39 Å². The Balaban J connectivity index is 2.21. The lowest BCUT2D eigenvalue weighted by molar-refractivity contribution is 0.112. The molecule has 2 rings (SSSR count). The molecule has 0 radical (unpaired) electrons. The van der Waals surface area contributed by atoms with E-state index in [-0.39, 0.29) is 5.82 Å².